The van der Waals surface area contributed by atoms with E-state index >= 15 is 0 Å². The van der Waals surface area contributed by atoms with Gasteiger partial charge in [0.15, 0.2) is 4.34 Å². The Kier molecular flexibility index (Phi) is 4.46. The zero-order chi connectivity index (χ0) is 16.6. The Hall–Kier alpha value is -1.78. The van der Waals surface area contributed by atoms with Gasteiger partial charge in [-0.05, 0) is 6.92 Å². The van der Waals surface area contributed by atoms with E-state index in [0.29, 0.717) is 28.0 Å². The van der Waals surface area contributed by atoms with Crippen molar-refractivity contribution in [3.63, 3.8) is 0 Å². The van der Waals surface area contributed by atoms with Crippen LogP contribution in [0.4, 0.5) is 0 Å². The van der Waals surface area contributed by atoms with E-state index in [1.165, 1.54) is 39.4 Å². The van der Waals surface area contributed by atoms with Crippen molar-refractivity contribution < 1.29 is 14.3 Å². The average molecular weight is 354 g/mol. The highest BCUT2D eigenvalue weighted by atomic mass is 32.2. The van der Waals surface area contributed by atoms with E-state index in [2.05, 4.69) is 10.1 Å². The third-order valence-corrected chi connectivity index (χ3v) is 5.47. The van der Waals surface area contributed by atoms with Crippen LogP contribution in [0.3, 0.4) is 0 Å². The van der Waals surface area contributed by atoms with Crippen molar-refractivity contribution in [2.45, 2.75) is 17.8 Å². The van der Waals surface area contributed by atoms with Gasteiger partial charge < -0.3 is 9.64 Å². The number of carbonyl (C=O) groups excluding carboxylic acids is 2. The first kappa shape index (κ1) is 16.1. The highest BCUT2D eigenvalue weighted by molar-refractivity contribution is 8.01. The van der Waals surface area contributed by atoms with Crippen LogP contribution in [0.15, 0.2) is 9.13 Å². The van der Waals surface area contributed by atoms with Gasteiger partial charge in [-0.3, -0.25) is 14.4 Å². The lowest BCUT2D eigenvalue weighted by Gasteiger charge is -2.13. The van der Waals surface area contributed by atoms with E-state index in [1.807, 2.05) is 0 Å². The van der Waals surface area contributed by atoms with Gasteiger partial charge in [0.25, 0.3) is 11.5 Å². The van der Waals surface area contributed by atoms with Crippen LogP contribution in [0.5, 0.6) is 0 Å². The average Bonchev–Trinajstić information content (AvgIpc) is 3.06. The number of carbonyl (C=O) groups is 2. The number of ketones is 1. The van der Waals surface area contributed by atoms with Crippen LogP contribution in [0.1, 0.15) is 23.0 Å². The third kappa shape index (κ3) is 3.01. The number of rotatable bonds is 6. The Morgan fingerprint density at radius 3 is 2.91 bits per heavy atom. The molecule has 0 atom stereocenters. The van der Waals surface area contributed by atoms with Gasteiger partial charge in [0, 0.05) is 13.7 Å². The van der Waals surface area contributed by atoms with Crippen molar-refractivity contribution in [1.82, 2.24) is 19.5 Å². The van der Waals surface area contributed by atoms with Crippen molar-refractivity contribution in [2.75, 3.05) is 26.0 Å². The van der Waals surface area contributed by atoms with Crippen LogP contribution in [-0.4, -0.2) is 57.2 Å². The molecule has 3 heterocycles. The van der Waals surface area contributed by atoms with Crippen molar-refractivity contribution >= 4 is 39.7 Å². The summed E-state index contributed by atoms with van der Waals surface area (Å²) in [4.78, 5) is 42.1. The first-order valence-corrected chi connectivity index (χ1v) is 8.64. The summed E-state index contributed by atoms with van der Waals surface area (Å²) in [6.07, 6.45) is 0. The smallest absolute Gasteiger partial charge is 0.281 e. The number of ether oxygens (including phenoxy) is 1. The minimum Gasteiger partial charge on any atom is -0.383 e. The highest BCUT2D eigenvalue weighted by Crippen LogP contribution is 2.25. The molecule has 10 heteroatoms. The van der Waals surface area contributed by atoms with E-state index in [1.54, 1.807) is 7.11 Å². The first-order valence-electron chi connectivity index (χ1n) is 6.84. The van der Waals surface area contributed by atoms with Crippen LogP contribution in [-0.2, 0) is 16.1 Å². The summed E-state index contributed by atoms with van der Waals surface area (Å²) in [5.41, 5.74) is 0.221. The predicted octanol–water partition coefficient (Wildman–Crippen LogP) is 0.434. The lowest BCUT2D eigenvalue weighted by Crippen LogP contribution is -2.28. The number of thioether (sulfide) groups is 1. The molecule has 0 unspecified atom stereocenters. The van der Waals surface area contributed by atoms with Crippen molar-refractivity contribution in [1.29, 1.82) is 0 Å². The quantitative estimate of drug-likeness (QED) is 0.695. The number of aromatic nitrogens is 3. The molecule has 23 heavy (non-hydrogen) atoms. The maximum atomic E-state index is 12.5. The van der Waals surface area contributed by atoms with E-state index in [4.69, 9.17) is 4.74 Å². The Bertz CT molecular complexity index is 844. The van der Waals surface area contributed by atoms with Crippen molar-refractivity contribution in [3.8, 4) is 0 Å². The molecule has 0 aromatic carbocycles. The SMILES string of the molecule is COCCN1Cc2c(nc3sc(SCC(C)=O)nn3c2=O)C1=O. The summed E-state index contributed by atoms with van der Waals surface area (Å²) in [5, 5.41) is 4.19. The molecule has 0 saturated heterocycles. The van der Waals surface area contributed by atoms with E-state index in [0.717, 1.165) is 0 Å². The molecule has 3 rings (SSSR count). The second kappa shape index (κ2) is 6.38. The molecule has 0 fully saturated rings. The van der Waals surface area contributed by atoms with Gasteiger partial charge in [0.2, 0.25) is 4.96 Å². The van der Waals surface area contributed by atoms with Crippen molar-refractivity contribution in [2.24, 2.45) is 0 Å². The number of methoxy groups -OCH3 is 1. The molecule has 8 nitrogen and oxygen atoms in total. The molecule has 0 radical (unpaired) electrons. The molecule has 0 N–H and O–H groups in total. The summed E-state index contributed by atoms with van der Waals surface area (Å²) in [7, 11) is 1.56. The molecule has 1 aliphatic rings. The first-order chi connectivity index (χ1) is 11.0. The number of hydrogen-bond donors (Lipinski definition) is 0. The second-order valence-corrected chi connectivity index (χ2v) is 7.20. The van der Waals surface area contributed by atoms with Crippen LogP contribution in [0, 0.1) is 0 Å². The van der Waals surface area contributed by atoms with Gasteiger partial charge in [-0.2, -0.15) is 4.52 Å². The number of hydrogen-bond acceptors (Lipinski definition) is 8. The molecule has 0 bridgehead atoms. The molecule has 0 saturated carbocycles. The lowest BCUT2D eigenvalue weighted by molar-refractivity contribution is -0.114. The molecular formula is C13H14N4O4S2. The maximum Gasteiger partial charge on any atom is 0.281 e. The fourth-order valence-electron chi connectivity index (χ4n) is 2.20. The summed E-state index contributed by atoms with van der Waals surface area (Å²) >= 11 is 2.46. The molecule has 0 aliphatic carbocycles. The van der Waals surface area contributed by atoms with Gasteiger partial charge in [-0.15, -0.1) is 5.10 Å². The fourth-order valence-corrected chi connectivity index (χ4v) is 3.92. The number of nitrogens with zero attached hydrogens (tertiary/aromatic N) is 4. The van der Waals surface area contributed by atoms with Gasteiger partial charge in [0.1, 0.15) is 11.5 Å². The Balaban J connectivity index is 1.95. The third-order valence-electron chi connectivity index (χ3n) is 3.29. The van der Waals surface area contributed by atoms with E-state index < -0.39 is 0 Å². The normalized spacial score (nSPS) is 13.8. The maximum absolute atomic E-state index is 12.5. The Labute approximate surface area is 139 Å². The summed E-state index contributed by atoms with van der Waals surface area (Å²) in [6.45, 7) is 2.53. The van der Waals surface area contributed by atoms with Gasteiger partial charge in [0.05, 0.1) is 24.5 Å². The number of Topliss-reactive ketones (excluding diaryl/α,β-unsaturated/α-hetero) is 1. The number of amides is 1. The van der Waals surface area contributed by atoms with E-state index in [-0.39, 0.29) is 35.2 Å². The topological polar surface area (TPSA) is 93.9 Å². The zero-order valence-corrected chi connectivity index (χ0v) is 14.2. The Morgan fingerprint density at radius 2 is 2.22 bits per heavy atom. The largest absolute Gasteiger partial charge is 0.383 e. The molecule has 2 aromatic rings. The lowest BCUT2D eigenvalue weighted by atomic mass is 10.3. The predicted molar refractivity (Wildman–Crippen MR) is 85.2 cm³/mol. The molecular weight excluding hydrogens is 340 g/mol. The molecule has 0 spiro atoms. The van der Waals surface area contributed by atoms with Gasteiger partial charge in [-0.25, -0.2) is 4.98 Å². The molecule has 1 aliphatic heterocycles. The monoisotopic (exact) mass is 354 g/mol. The van der Waals surface area contributed by atoms with Crippen LogP contribution >= 0.6 is 23.1 Å². The molecule has 1 amide bonds. The standard InChI is InChI=1S/C13H14N4O4S2/c1-7(18)6-22-13-15-17-10(19)8-5-16(3-4-21-2)11(20)9(8)14-12(17)23-13/h3-6H2,1-2H3. The van der Waals surface area contributed by atoms with Gasteiger partial charge in [-0.1, -0.05) is 23.1 Å². The minimum absolute atomic E-state index is 0.0287. The second-order valence-electron chi connectivity index (χ2n) is 5.02. The van der Waals surface area contributed by atoms with Crippen molar-refractivity contribution in [3.05, 3.63) is 21.6 Å². The summed E-state index contributed by atoms with van der Waals surface area (Å²) in [5.74, 6) is 0.0573. The van der Waals surface area contributed by atoms with Crippen LogP contribution in [0.2, 0.25) is 0 Å². The Morgan fingerprint density at radius 1 is 1.43 bits per heavy atom. The fraction of sp³-hybridized carbons (Fsp3) is 0.462. The molecule has 2 aromatic heterocycles. The zero-order valence-electron chi connectivity index (χ0n) is 12.6. The van der Waals surface area contributed by atoms with Crippen LogP contribution in [0.25, 0.3) is 4.96 Å². The van der Waals surface area contributed by atoms with Gasteiger partial charge >= 0.3 is 0 Å². The van der Waals surface area contributed by atoms with Crippen LogP contribution < -0.4 is 5.56 Å². The summed E-state index contributed by atoms with van der Waals surface area (Å²) < 4.78 is 6.76. The highest BCUT2D eigenvalue weighted by Gasteiger charge is 2.32. The minimum atomic E-state index is -0.329. The summed E-state index contributed by atoms with van der Waals surface area (Å²) in [6, 6.07) is 0. The van der Waals surface area contributed by atoms with E-state index in [9.17, 15) is 14.4 Å². The molecule has 122 valence electrons. The number of fused-ring (bicyclic) bond motifs is 2.